The molecule has 0 aliphatic rings. The van der Waals surface area contributed by atoms with Crippen LogP contribution in [0.1, 0.15) is 25.5 Å². The minimum atomic E-state index is -4.54. The molecule has 26 heavy (non-hydrogen) atoms. The number of nitrogens with one attached hydrogen (secondary N) is 1. The average Bonchev–Trinajstić information content (AvgIpc) is 2.60. The molecule has 0 spiro atoms. The molecule has 142 valence electrons. The molecule has 0 heterocycles. The predicted octanol–water partition coefficient (Wildman–Crippen LogP) is 5.65. The molecule has 2 aromatic carbocycles. The van der Waals surface area contributed by atoms with E-state index in [1.807, 2.05) is 13.8 Å². The molecule has 0 aliphatic carbocycles. The molecule has 0 radical (unpaired) electrons. The lowest BCUT2D eigenvalue weighted by molar-refractivity contribution is -0.144. The lowest BCUT2D eigenvalue weighted by Crippen LogP contribution is -2.28. The SMILES string of the molecule is CC.O=C(O)COc1cc(Br)ccc1NC(c1ccccc1)C(F)(F)F. The van der Waals surface area contributed by atoms with Crippen LogP contribution >= 0.6 is 15.9 Å². The van der Waals surface area contributed by atoms with Crippen molar-refractivity contribution in [2.75, 3.05) is 11.9 Å². The Morgan fingerprint density at radius 3 is 2.35 bits per heavy atom. The summed E-state index contributed by atoms with van der Waals surface area (Å²) in [6.45, 7) is 3.34. The Hall–Kier alpha value is -2.22. The van der Waals surface area contributed by atoms with Crippen molar-refractivity contribution < 1.29 is 27.8 Å². The van der Waals surface area contributed by atoms with E-state index in [0.717, 1.165) is 0 Å². The molecule has 0 aliphatic heterocycles. The first kappa shape index (κ1) is 21.8. The van der Waals surface area contributed by atoms with Crippen LogP contribution in [0.3, 0.4) is 0 Å². The number of hydrogen-bond donors (Lipinski definition) is 2. The normalized spacial score (nSPS) is 11.8. The van der Waals surface area contributed by atoms with Crippen molar-refractivity contribution in [3.05, 3.63) is 58.6 Å². The molecule has 0 saturated carbocycles. The third kappa shape index (κ3) is 6.59. The molecule has 0 amide bonds. The summed E-state index contributed by atoms with van der Waals surface area (Å²) in [5.74, 6) is -1.21. The number of carboxylic acids is 1. The van der Waals surface area contributed by atoms with Gasteiger partial charge in [0.05, 0.1) is 5.69 Å². The summed E-state index contributed by atoms with van der Waals surface area (Å²) in [4.78, 5) is 10.6. The van der Waals surface area contributed by atoms with E-state index in [4.69, 9.17) is 9.84 Å². The maximum atomic E-state index is 13.4. The molecular weight excluding hydrogens is 415 g/mol. The summed E-state index contributed by atoms with van der Waals surface area (Å²) < 4.78 is 45.9. The molecule has 2 N–H and O–H groups in total. The molecule has 0 saturated heterocycles. The van der Waals surface area contributed by atoms with Crippen LogP contribution in [0.5, 0.6) is 5.75 Å². The van der Waals surface area contributed by atoms with Gasteiger partial charge in [-0.05, 0) is 23.8 Å². The highest BCUT2D eigenvalue weighted by Crippen LogP contribution is 2.38. The van der Waals surface area contributed by atoms with Gasteiger partial charge in [-0.2, -0.15) is 13.2 Å². The molecule has 1 unspecified atom stereocenters. The fourth-order valence-corrected chi connectivity index (χ4v) is 2.37. The van der Waals surface area contributed by atoms with Crippen molar-refractivity contribution in [2.45, 2.75) is 26.1 Å². The van der Waals surface area contributed by atoms with Crippen LogP contribution in [0.2, 0.25) is 0 Å². The Labute approximate surface area is 158 Å². The number of aliphatic carboxylic acids is 1. The van der Waals surface area contributed by atoms with E-state index in [0.29, 0.717) is 4.47 Å². The van der Waals surface area contributed by atoms with Crippen molar-refractivity contribution >= 4 is 27.6 Å². The van der Waals surface area contributed by atoms with Gasteiger partial charge >= 0.3 is 12.1 Å². The van der Waals surface area contributed by atoms with Crippen molar-refractivity contribution in [1.29, 1.82) is 0 Å². The van der Waals surface area contributed by atoms with Gasteiger partial charge in [0.2, 0.25) is 0 Å². The Balaban J connectivity index is 0.00000163. The molecule has 1 atom stereocenters. The number of hydrogen-bond acceptors (Lipinski definition) is 3. The van der Waals surface area contributed by atoms with Crippen molar-refractivity contribution in [3.63, 3.8) is 0 Å². The number of benzene rings is 2. The zero-order valence-corrected chi connectivity index (χ0v) is 15.8. The first-order valence-corrected chi connectivity index (χ1v) is 8.59. The number of carbonyl (C=O) groups is 1. The fourth-order valence-electron chi connectivity index (χ4n) is 2.03. The van der Waals surface area contributed by atoms with Crippen LogP contribution in [0.25, 0.3) is 0 Å². The third-order valence-electron chi connectivity index (χ3n) is 3.05. The van der Waals surface area contributed by atoms with E-state index in [2.05, 4.69) is 21.2 Å². The van der Waals surface area contributed by atoms with Crippen molar-refractivity contribution in [3.8, 4) is 5.75 Å². The summed E-state index contributed by atoms with van der Waals surface area (Å²) in [5.41, 5.74) is 0.0859. The lowest BCUT2D eigenvalue weighted by Gasteiger charge is -2.24. The third-order valence-corrected chi connectivity index (χ3v) is 3.55. The van der Waals surface area contributed by atoms with E-state index in [1.54, 1.807) is 6.07 Å². The lowest BCUT2D eigenvalue weighted by atomic mass is 10.1. The first-order chi connectivity index (χ1) is 12.3. The average molecular weight is 434 g/mol. The standard InChI is InChI=1S/C16H13BrF3NO3.C2H6/c17-11-6-7-12(13(8-11)24-9-14(22)23)21-15(16(18,19)20)10-4-2-1-3-5-10;1-2/h1-8,15,21H,9H2,(H,22,23);1-2H3. The van der Waals surface area contributed by atoms with Gasteiger partial charge in [-0.15, -0.1) is 0 Å². The summed E-state index contributed by atoms with van der Waals surface area (Å²) in [6.07, 6.45) is -4.54. The Morgan fingerprint density at radius 2 is 1.81 bits per heavy atom. The molecule has 8 heteroatoms. The largest absolute Gasteiger partial charge is 0.480 e. The van der Waals surface area contributed by atoms with E-state index in [1.165, 1.54) is 42.5 Å². The van der Waals surface area contributed by atoms with Gasteiger partial charge in [0.15, 0.2) is 6.61 Å². The fraction of sp³-hybridized carbons (Fsp3) is 0.278. The zero-order chi connectivity index (χ0) is 19.7. The van der Waals surface area contributed by atoms with Crippen LogP contribution < -0.4 is 10.1 Å². The monoisotopic (exact) mass is 433 g/mol. The van der Waals surface area contributed by atoms with Gasteiger partial charge in [-0.25, -0.2) is 4.79 Å². The molecule has 0 aromatic heterocycles. The minimum absolute atomic E-state index is 0.0111. The van der Waals surface area contributed by atoms with Gasteiger partial charge in [-0.1, -0.05) is 60.1 Å². The second kappa shape index (κ2) is 10.1. The van der Waals surface area contributed by atoms with E-state index >= 15 is 0 Å². The summed E-state index contributed by atoms with van der Waals surface area (Å²) in [7, 11) is 0. The summed E-state index contributed by atoms with van der Waals surface area (Å²) >= 11 is 3.18. The van der Waals surface area contributed by atoms with Crippen LogP contribution in [-0.2, 0) is 4.79 Å². The molecule has 2 rings (SSSR count). The van der Waals surface area contributed by atoms with Gasteiger partial charge in [0, 0.05) is 4.47 Å². The predicted molar refractivity (Wildman–Crippen MR) is 97.5 cm³/mol. The van der Waals surface area contributed by atoms with Crippen LogP contribution in [0.15, 0.2) is 53.0 Å². The van der Waals surface area contributed by atoms with E-state index in [9.17, 15) is 18.0 Å². The molecule has 2 aromatic rings. The zero-order valence-electron chi connectivity index (χ0n) is 14.2. The highest BCUT2D eigenvalue weighted by Gasteiger charge is 2.41. The maximum Gasteiger partial charge on any atom is 0.412 e. The quantitative estimate of drug-likeness (QED) is 0.617. The number of ether oxygens (including phenoxy) is 1. The minimum Gasteiger partial charge on any atom is -0.480 e. The van der Waals surface area contributed by atoms with Crippen LogP contribution in [-0.4, -0.2) is 23.9 Å². The number of rotatable bonds is 6. The van der Waals surface area contributed by atoms with Gasteiger partial charge in [-0.3, -0.25) is 0 Å². The summed E-state index contributed by atoms with van der Waals surface area (Å²) in [6, 6.07) is 9.76. The summed E-state index contributed by atoms with van der Waals surface area (Å²) in [5, 5.41) is 11.1. The molecular formula is C18H19BrF3NO3. The second-order valence-corrected chi connectivity index (χ2v) is 5.77. The number of anilines is 1. The Morgan fingerprint density at radius 1 is 1.19 bits per heavy atom. The van der Waals surface area contributed by atoms with E-state index in [-0.39, 0.29) is 17.0 Å². The van der Waals surface area contributed by atoms with Crippen molar-refractivity contribution in [2.24, 2.45) is 0 Å². The number of halogens is 4. The first-order valence-electron chi connectivity index (χ1n) is 7.79. The number of alkyl halides is 3. The molecule has 0 bridgehead atoms. The molecule has 4 nitrogen and oxygen atoms in total. The van der Waals surface area contributed by atoms with Crippen molar-refractivity contribution in [1.82, 2.24) is 0 Å². The second-order valence-electron chi connectivity index (χ2n) is 4.85. The Kier molecular flexibility index (Phi) is 8.44. The van der Waals surface area contributed by atoms with Crippen LogP contribution in [0.4, 0.5) is 18.9 Å². The Bertz CT molecular complexity index is 709. The van der Waals surface area contributed by atoms with Gasteiger partial charge in [0.25, 0.3) is 0 Å². The highest BCUT2D eigenvalue weighted by molar-refractivity contribution is 9.10. The highest BCUT2D eigenvalue weighted by atomic mass is 79.9. The van der Waals surface area contributed by atoms with Crippen LogP contribution in [0, 0.1) is 0 Å². The van der Waals surface area contributed by atoms with E-state index < -0.39 is 24.8 Å². The maximum absolute atomic E-state index is 13.4. The molecule has 0 fully saturated rings. The number of carboxylic acid groups (broad SMARTS) is 1. The smallest absolute Gasteiger partial charge is 0.412 e. The van der Waals surface area contributed by atoms with Gasteiger partial charge in [0.1, 0.15) is 11.8 Å². The topological polar surface area (TPSA) is 58.6 Å². The van der Waals surface area contributed by atoms with Gasteiger partial charge < -0.3 is 15.2 Å².